The van der Waals surface area contributed by atoms with Crippen LogP contribution in [0.5, 0.6) is 0 Å². The van der Waals surface area contributed by atoms with E-state index in [1.807, 2.05) is 11.4 Å². The van der Waals surface area contributed by atoms with E-state index in [1.54, 1.807) is 29.9 Å². The number of carbonyl (C=O) groups excluding carboxylic acids is 1. The Bertz CT molecular complexity index is 924. The predicted molar refractivity (Wildman–Crippen MR) is 105 cm³/mol. The Kier molecular flexibility index (Phi) is 5.93. The van der Waals surface area contributed by atoms with Gasteiger partial charge >= 0.3 is 0 Å². The van der Waals surface area contributed by atoms with Crippen molar-refractivity contribution in [3.05, 3.63) is 56.5 Å². The first kappa shape index (κ1) is 18.8. The second kappa shape index (κ2) is 8.18. The van der Waals surface area contributed by atoms with Gasteiger partial charge in [-0.2, -0.15) is 5.10 Å². The van der Waals surface area contributed by atoms with E-state index >= 15 is 0 Å². The Morgan fingerprint density at radius 3 is 2.85 bits per heavy atom. The van der Waals surface area contributed by atoms with Gasteiger partial charge in [0.1, 0.15) is 6.33 Å². The van der Waals surface area contributed by atoms with Crippen LogP contribution < -0.4 is 11.1 Å². The van der Waals surface area contributed by atoms with E-state index in [2.05, 4.69) is 15.4 Å². The molecule has 2 heterocycles. The minimum Gasteiger partial charge on any atom is -0.347 e. The molecule has 2 aromatic heterocycles. The smallest absolute Gasteiger partial charge is 0.261 e. The van der Waals surface area contributed by atoms with Crippen LogP contribution in [0.2, 0.25) is 10.0 Å². The van der Waals surface area contributed by atoms with Crippen LogP contribution in [0, 0.1) is 0 Å². The van der Waals surface area contributed by atoms with Crippen molar-refractivity contribution in [2.24, 2.45) is 12.8 Å². The summed E-state index contributed by atoms with van der Waals surface area (Å²) in [6.07, 6.45) is 2.01. The molecule has 6 nitrogen and oxygen atoms in total. The van der Waals surface area contributed by atoms with Gasteiger partial charge in [-0.15, -0.1) is 11.3 Å². The summed E-state index contributed by atoms with van der Waals surface area (Å²) in [5.41, 5.74) is 7.57. The summed E-state index contributed by atoms with van der Waals surface area (Å²) in [7, 11) is 1.81. The molecule has 0 saturated carbocycles. The van der Waals surface area contributed by atoms with Crippen LogP contribution in [-0.4, -0.2) is 33.3 Å². The number of aromatic nitrogens is 3. The van der Waals surface area contributed by atoms with Gasteiger partial charge in [0.15, 0.2) is 5.82 Å². The van der Waals surface area contributed by atoms with E-state index in [1.165, 1.54) is 17.7 Å². The number of halogens is 2. The summed E-state index contributed by atoms with van der Waals surface area (Å²) >= 11 is 13.5. The van der Waals surface area contributed by atoms with Crippen molar-refractivity contribution < 1.29 is 4.79 Å². The monoisotopic (exact) mass is 409 g/mol. The lowest BCUT2D eigenvalue weighted by Crippen LogP contribution is -2.41. The highest BCUT2D eigenvalue weighted by atomic mass is 35.5. The molecule has 1 amide bonds. The summed E-state index contributed by atoms with van der Waals surface area (Å²) < 4.78 is 1.66. The number of nitrogens with zero attached hydrogens (tertiary/aromatic N) is 3. The lowest BCUT2D eigenvalue weighted by Gasteiger charge is -2.17. The van der Waals surface area contributed by atoms with Crippen LogP contribution in [0.1, 0.15) is 15.2 Å². The van der Waals surface area contributed by atoms with Gasteiger partial charge in [0.2, 0.25) is 0 Å². The fraction of sp³-hybridized carbons (Fsp3) is 0.235. The zero-order valence-electron chi connectivity index (χ0n) is 13.9. The summed E-state index contributed by atoms with van der Waals surface area (Å²) in [4.78, 5) is 17.3. The molecule has 26 heavy (non-hydrogen) atoms. The lowest BCUT2D eigenvalue weighted by atomic mass is 10.1. The lowest BCUT2D eigenvalue weighted by molar-refractivity contribution is 0.0942. The van der Waals surface area contributed by atoms with Crippen molar-refractivity contribution in [1.29, 1.82) is 0 Å². The highest BCUT2D eigenvalue weighted by Crippen LogP contribution is 2.24. The topological polar surface area (TPSA) is 85.8 Å². The molecule has 1 atom stereocenters. The Morgan fingerprint density at radius 2 is 2.19 bits per heavy atom. The molecule has 9 heteroatoms. The third-order valence-corrected chi connectivity index (χ3v) is 5.41. The van der Waals surface area contributed by atoms with Gasteiger partial charge in [-0.1, -0.05) is 29.3 Å². The maximum Gasteiger partial charge on any atom is 0.261 e. The molecule has 0 aliphatic rings. The highest BCUT2D eigenvalue weighted by Gasteiger charge is 2.17. The predicted octanol–water partition coefficient (Wildman–Crippen LogP) is 3.15. The van der Waals surface area contributed by atoms with Gasteiger partial charge < -0.3 is 11.1 Å². The minimum absolute atomic E-state index is 0.177. The number of nitrogens with two attached hydrogens (primary N) is 1. The number of hydrogen-bond donors (Lipinski definition) is 2. The fourth-order valence-corrected chi connectivity index (χ4v) is 3.81. The van der Waals surface area contributed by atoms with E-state index in [0.29, 0.717) is 33.7 Å². The van der Waals surface area contributed by atoms with E-state index < -0.39 is 0 Å². The van der Waals surface area contributed by atoms with Crippen molar-refractivity contribution in [3.8, 4) is 11.4 Å². The zero-order valence-corrected chi connectivity index (χ0v) is 16.3. The molecule has 1 aromatic carbocycles. The number of amides is 1. The summed E-state index contributed by atoms with van der Waals surface area (Å²) in [6, 6.07) is 6.86. The number of rotatable bonds is 6. The number of benzene rings is 1. The Morgan fingerprint density at radius 1 is 1.38 bits per heavy atom. The van der Waals surface area contributed by atoms with Crippen molar-refractivity contribution in [1.82, 2.24) is 20.1 Å². The molecule has 3 N–H and O–H groups in total. The maximum atomic E-state index is 12.6. The van der Waals surface area contributed by atoms with Crippen LogP contribution in [0.4, 0.5) is 0 Å². The minimum atomic E-state index is -0.235. The van der Waals surface area contributed by atoms with Gasteiger partial charge in [-0.25, -0.2) is 9.67 Å². The first-order valence-corrected chi connectivity index (χ1v) is 9.49. The molecule has 0 saturated heterocycles. The van der Waals surface area contributed by atoms with Crippen LogP contribution in [0.3, 0.4) is 0 Å². The molecule has 0 spiro atoms. The Hall–Kier alpha value is -1.93. The van der Waals surface area contributed by atoms with Gasteiger partial charge in [-0.05, 0) is 30.2 Å². The van der Waals surface area contributed by atoms with Crippen molar-refractivity contribution in [3.63, 3.8) is 0 Å². The third kappa shape index (κ3) is 4.24. The van der Waals surface area contributed by atoms with Crippen LogP contribution in [0.25, 0.3) is 11.4 Å². The fourth-order valence-electron chi connectivity index (χ4n) is 2.53. The highest BCUT2D eigenvalue weighted by molar-refractivity contribution is 7.12. The molecule has 0 aliphatic heterocycles. The number of hydrogen-bond acceptors (Lipinski definition) is 5. The second-order valence-electron chi connectivity index (χ2n) is 5.75. The van der Waals surface area contributed by atoms with Crippen molar-refractivity contribution in [2.75, 3.05) is 6.54 Å². The molecule has 0 radical (unpaired) electrons. The first-order chi connectivity index (χ1) is 12.5. The molecule has 0 fully saturated rings. The van der Waals surface area contributed by atoms with E-state index in [-0.39, 0.29) is 11.9 Å². The maximum absolute atomic E-state index is 12.6. The van der Waals surface area contributed by atoms with Gasteiger partial charge in [0, 0.05) is 40.6 Å². The Labute approximate surface area is 164 Å². The summed E-state index contributed by atoms with van der Waals surface area (Å²) in [5.74, 6) is 0.535. The van der Waals surface area contributed by atoms with Crippen LogP contribution >= 0.6 is 34.5 Å². The number of carbonyl (C=O) groups is 1. The molecule has 3 aromatic rings. The molecule has 3 rings (SSSR count). The van der Waals surface area contributed by atoms with Gasteiger partial charge in [-0.3, -0.25) is 4.79 Å². The number of thiophene rings is 1. The molecular weight excluding hydrogens is 393 g/mol. The van der Waals surface area contributed by atoms with E-state index in [4.69, 9.17) is 28.9 Å². The van der Waals surface area contributed by atoms with Crippen LogP contribution in [0.15, 0.2) is 36.0 Å². The second-order valence-corrected chi connectivity index (χ2v) is 7.51. The average Bonchev–Trinajstić information content (AvgIpc) is 3.25. The molecule has 136 valence electrons. The summed E-state index contributed by atoms with van der Waals surface area (Å²) in [6.45, 7) is 0.298. The average molecular weight is 410 g/mol. The van der Waals surface area contributed by atoms with E-state index in [9.17, 15) is 4.79 Å². The van der Waals surface area contributed by atoms with Crippen LogP contribution in [-0.2, 0) is 13.5 Å². The largest absolute Gasteiger partial charge is 0.347 e. The zero-order chi connectivity index (χ0) is 18.7. The van der Waals surface area contributed by atoms with E-state index in [0.717, 1.165) is 11.1 Å². The number of aryl methyl sites for hydroxylation is 1. The SMILES string of the molecule is Cn1ncnc1-c1csc(C(=O)NC(CN)Cc2ccc(Cl)cc2Cl)c1. The standard InChI is InChI=1S/C17H17Cl2N5OS/c1-24-16(21-9-22-24)11-5-15(26-8-11)17(25)23-13(7-20)4-10-2-3-12(18)6-14(10)19/h2-3,5-6,8-9,13H,4,7,20H2,1H3,(H,23,25). The first-order valence-electron chi connectivity index (χ1n) is 7.85. The molecule has 1 unspecified atom stereocenters. The molecular formula is C17H17Cl2N5OS. The quantitative estimate of drug-likeness (QED) is 0.654. The molecule has 0 aliphatic carbocycles. The number of nitrogens with one attached hydrogen (secondary N) is 1. The van der Waals surface area contributed by atoms with Crippen molar-refractivity contribution in [2.45, 2.75) is 12.5 Å². The summed E-state index contributed by atoms with van der Waals surface area (Å²) in [5, 5.41) is 10.0. The van der Waals surface area contributed by atoms with Crippen molar-refractivity contribution >= 4 is 40.4 Å². The van der Waals surface area contributed by atoms with Gasteiger partial charge in [0.25, 0.3) is 5.91 Å². The third-order valence-electron chi connectivity index (χ3n) is 3.89. The normalized spacial score (nSPS) is 12.2. The molecule has 0 bridgehead atoms. The Balaban J connectivity index is 1.70. The van der Waals surface area contributed by atoms with Gasteiger partial charge in [0.05, 0.1) is 4.88 Å².